The molecule has 0 aromatic heterocycles. The molecular formula is C28H34N4O2. The first-order valence-corrected chi connectivity index (χ1v) is 11.6. The quantitative estimate of drug-likeness (QED) is 0.421. The molecular weight excluding hydrogens is 424 g/mol. The van der Waals surface area contributed by atoms with Crippen molar-refractivity contribution < 1.29 is 9.59 Å². The molecule has 0 radical (unpaired) electrons. The summed E-state index contributed by atoms with van der Waals surface area (Å²) >= 11 is 0. The van der Waals surface area contributed by atoms with Crippen LogP contribution in [0.5, 0.6) is 0 Å². The highest BCUT2D eigenvalue weighted by Crippen LogP contribution is 2.26. The summed E-state index contributed by atoms with van der Waals surface area (Å²) in [4.78, 5) is 28.0. The summed E-state index contributed by atoms with van der Waals surface area (Å²) in [7, 11) is 0. The Balaban J connectivity index is 1.80. The van der Waals surface area contributed by atoms with Crippen molar-refractivity contribution in [2.24, 2.45) is 5.73 Å². The molecule has 0 bridgehead atoms. The summed E-state index contributed by atoms with van der Waals surface area (Å²) in [6.07, 6.45) is 7.54. The molecule has 0 aliphatic carbocycles. The van der Waals surface area contributed by atoms with Gasteiger partial charge in [-0.2, -0.15) is 0 Å². The number of amides is 2. The minimum Gasteiger partial charge on any atom is -0.369 e. The Labute approximate surface area is 202 Å². The lowest BCUT2D eigenvalue weighted by molar-refractivity contribution is -0.129. The van der Waals surface area contributed by atoms with Crippen LogP contribution in [0, 0.1) is 6.92 Å². The highest BCUT2D eigenvalue weighted by Gasteiger charge is 2.26. The van der Waals surface area contributed by atoms with Crippen molar-refractivity contribution in [3.05, 3.63) is 90.0 Å². The van der Waals surface area contributed by atoms with Gasteiger partial charge in [-0.1, -0.05) is 61.2 Å². The van der Waals surface area contributed by atoms with E-state index in [9.17, 15) is 9.59 Å². The van der Waals surface area contributed by atoms with Gasteiger partial charge in [-0.25, -0.2) is 0 Å². The maximum atomic E-state index is 12.3. The second-order valence-corrected chi connectivity index (χ2v) is 8.41. The maximum absolute atomic E-state index is 12.3. The number of aryl methyl sites for hydroxylation is 1. The van der Waals surface area contributed by atoms with Gasteiger partial charge in [-0.3, -0.25) is 9.59 Å². The minimum absolute atomic E-state index is 0.275. The van der Waals surface area contributed by atoms with Gasteiger partial charge in [0.05, 0.1) is 0 Å². The Morgan fingerprint density at radius 1 is 1.18 bits per heavy atom. The Bertz CT molecular complexity index is 1070. The molecule has 0 saturated carbocycles. The molecule has 1 unspecified atom stereocenters. The van der Waals surface area contributed by atoms with E-state index in [0.717, 1.165) is 48.4 Å². The minimum atomic E-state index is -0.872. The molecule has 1 heterocycles. The molecule has 1 aliphatic heterocycles. The van der Waals surface area contributed by atoms with E-state index in [4.69, 9.17) is 5.73 Å². The average molecular weight is 459 g/mol. The molecule has 1 aliphatic rings. The second kappa shape index (κ2) is 12.0. The number of hydrogen-bond donors (Lipinski definition) is 2. The van der Waals surface area contributed by atoms with Gasteiger partial charge in [0.15, 0.2) is 0 Å². The zero-order chi connectivity index (χ0) is 24.5. The van der Waals surface area contributed by atoms with Gasteiger partial charge in [0.2, 0.25) is 12.3 Å². The van der Waals surface area contributed by atoms with Crippen LogP contribution in [0.15, 0.2) is 78.9 Å². The van der Waals surface area contributed by atoms with Crippen LogP contribution in [-0.4, -0.2) is 49.4 Å². The number of piperazine rings is 1. The molecule has 34 heavy (non-hydrogen) atoms. The van der Waals surface area contributed by atoms with Crippen LogP contribution < -0.4 is 16.0 Å². The summed E-state index contributed by atoms with van der Waals surface area (Å²) < 4.78 is 0. The number of nitrogens with zero attached hydrogens (tertiary/aromatic N) is 2. The number of nitrogens with two attached hydrogens (primary N) is 1. The zero-order valence-electron chi connectivity index (χ0n) is 20.0. The normalized spacial score (nSPS) is 15.2. The van der Waals surface area contributed by atoms with Crippen molar-refractivity contribution in [2.45, 2.75) is 26.4 Å². The van der Waals surface area contributed by atoms with E-state index in [-0.39, 0.29) is 6.54 Å². The second-order valence-electron chi connectivity index (χ2n) is 8.41. The van der Waals surface area contributed by atoms with Crippen LogP contribution in [0.1, 0.15) is 18.1 Å². The monoisotopic (exact) mass is 458 g/mol. The van der Waals surface area contributed by atoms with E-state index in [1.807, 2.05) is 26.0 Å². The summed E-state index contributed by atoms with van der Waals surface area (Å²) in [5.74, 6) is -0.586. The van der Waals surface area contributed by atoms with Crippen LogP contribution in [0.3, 0.4) is 0 Å². The van der Waals surface area contributed by atoms with E-state index in [2.05, 4.69) is 53.2 Å². The molecule has 2 aromatic carbocycles. The lowest BCUT2D eigenvalue weighted by Gasteiger charge is -2.29. The maximum Gasteiger partial charge on any atom is 0.244 e. The van der Waals surface area contributed by atoms with Crippen molar-refractivity contribution in [1.29, 1.82) is 0 Å². The third-order valence-electron chi connectivity index (χ3n) is 6.10. The summed E-state index contributed by atoms with van der Waals surface area (Å²) in [6, 6.07) is 13.9. The summed E-state index contributed by atoms with van der Waals surface area (Å²) in [5, 5.41) is 3.38. The fraction of sp³-hybridized carbons (Fsp3) is 0.286. The molecule has 3 N–H and O–H groups in total. The predicted octanol–water partition coefficient (Wildman–Crippen LogP) is 3.57. The lowest BCUT2D eigenvalue weighted by Crippen LogP contribution is -2.44. The first-order valence-electron chi connectivity index (χ1n) is 11.6. The highest BCUT2D eigenvalue weighted by molar-refractivity contribution is 5.86. The number of allylic oxidation sites excluding steroid dienone is 3. The number of rotatable bonds is 10. The Morgan fingerprint density at radius 3 is 2.41 bits per heavy atom. The van der Waals surface area contributed by atoms with E-state index < -0.39 is 11.9 Å². The van der Waals surface area contributed by atoms with E-state index in [1.54, 1.807) is 18.2 Å². The fourth-order valence-electron chi connectivity index (χ4n) is 4.31. The zero-order valence-corrected chi connectivity index (χ0v) is 20.0. The van der Waals surface area contributed by atoms with Crippen molar-refractivity contribution in [2.75, 3.05) is 31.1 Å². The number of primary amides is 1. The number of benzene rings is 2. The van der Waals surface area contributed by atoms with Crippen LogP contribution in [0.4, 0.5) is 5.69 Å². The molecule has 1 fully saturated rings. The molecule has 2 aromatic rings. The van der Waals surface area contributed by atoms with Gasteiger partial charge in [0, 0.05) is 38.4 Å². The lowest BCUT2D eigenvalue weighted by atomic mass is 9.98. The first-order chi connectivity index (χ1) is 16.5. The van der Waals surface area contributed by atoms with E-state index in [1.165, 1.54) is 10.6 Å². The van der Waals surface area contributed by atoms with E-state index in [0.29, 0.717) is 12.0 Å². The largest absolute Gasteiger partial charge is 0.369 e. The standard InChI is InChI=1S/C28H34N4O2/c1-4-6-23(7-5-2)27(28(29)34)32(20-33)19-25-9-8-24(18-21(25)3)22-10-12-26(13-11-22)31-16-14-30-15-17-31/h4-13,18,20,27,30H,1,14-17,19H2,2-3H3,(H2,29,34)/b7-5-,23-6+. The number of anilines is 1. The van der Waals surface area contributed by atoms with Crippen LogP contribution >= 0.6 is 0 Å². The van der Waals surface area contributed by atoms with Crippen molar-refractivity contribution >= 4 is 18.0 Å². The molecule has 3 rings (SSSR count). The van der Waals surface area contributed by atoms with E-state index >= 15 is 0 Å². The molecule has 178 valence electrons. The molecule has 0 spiro atoms. The first kappa shape index (κ1) is 25.0. The third kappa shape index (κ3) is 6.02. The number of nitrogens with one attached hydrogen (secondary N) is 1. The average Bonchev–Trinajstić information content (AvgIpc) is 2.85. The molecule has 1 atom stereocenters. The van der Waals surface area contributed by atoms with Crippen molar-refractivity contribution in [3.63, 3.8) is 0 Å². The number of carbonyl (C=O) groups is 2. The highest BCUT2D eigenvalue weighted by atomic mass is 16.2. The van der Waals surface area contributed by atoms with Gasteiger partial charge in [-0.05, 0) is 53.8 Å². The number of hydrogen-bond acceptors (Lipinski definition) is 4. The molecule has 1 saturated heterocycles. The van der Waals surface area contributed by atoms with Gasteiger partial charge in [0.1, 0.15) is 6.04 Å². The van der Waals surface area contributed by atoms with Crippen molar-refractivity contribution in [3.8, 4) is 11.1 Å². The Hall–Kier alpha value is -3.64. The van der Waals surface area contributed by atoms with Crippen LogP contribution in [0.25, 0.3) is 11.1 Å². The summed E-state index contributed by atoms with van der Waals surface area (Å²) in [6.45, 7) is 11.9. The molecule has 6 heteroatoms. The molecule has 6 nitrogen and oxygen atoms in total. The van der Waals surface area contributed by atoms with Gasteiger partial charge >= 0.3 is 0 Å². The molecule has 2 amide bonds. The Kier molecular flexibility index (Phi) is 8.82. The topological polar surface area (TPSA) is 78.7 Å². The van der Waals surface area contributed by atoms with Gasteiger partial charge in [-0.15, -0.1) is 0 Å². The van der Waals surface area contributed by atoms with Crippen LogP contribution in [0.2, 0.25) is 0 Å². The summed E-state index contributed by atoms with van der Waals surface area (Å²) in [5.41, 5.74) is 11.8. The van der Waals surface area contributed by atoms with Crippen LogP contribution in [-0.2, 0) is 16.1 Å². The fourth-order valence-corrected chi connectivity index (χ4v) is 4.31. The number of carbonyl (C=O) groups excluding carboxylic acids is 2. The van der Waals surface area contributed by atoms with Crippen molar-refractivity contribution in [1.82, 2.24) is 10.2 Å². The SMILES string of the molecule is C=C/C=C(\C=C/C)C(C(N)=O)N(C=O)Cc1ccc(-c2ccc(N3CCNCC3)cc2)cc1C. The van der Waals surface area contributed by atoms with Gasteiger partial charge < -0.3 is 20.9 Å². The predicted molar refractivity (Wildman–Crippen MR) is 139 cm³/mol. The Morgan fingerprint density at radius 2 is 1.85 bits per heavy atom. The van der Waals surface area contributed by atoms with Gasteiger partial charge in [0.25, 0.3) is 0 Å². The third-order valence-corrected chi connectivity index (χ3v) is 6.10. The smallest absolute Gasteiger partial charge is 0.244 e.